The van der Waals surface area contributed by atoms with Gasteiger partial charge in [-0.2, -0.15) is 0 Å². The van der Waals surface area contributed by atoms with E-state index in [1.165, 1.54) is 0 Å². The topological polar surface area (TPSA) is 107 Å². The Labute approximate surface area is 200 Å². The van der Waals surface area contributed by atoms with Crippen molar-refractivity contribution in [1.82, 2.24) is 25.4 Å². The Bertz CT molecular complexity index is 1070. The second-order valence-corrected chi connectivity index (χ2v) is 7.98. The lowest BCUT2D eigenvalue weighted by Gasteiger charge is -2.12. The minimum absolute atomic E-state index is 0.0113. The SMILES string of the molecule is CCNC(=O)NC(=O)CSc1nnc(COc2ccc(OCC)cc2)n1-c1ccc(Cl)cc1. The number of rotatable bonds is 10. The molecule has 0 spiro atoms. The van der Waals surface area contributed by atoms with Gasteiger partial charge in [-0.3, -0.25) is 14.7 Å². The smallest absolute Gasteiger partial charge is 0.321 e. The number of hydrogen-bond acceptors (Lipinski definition) is 7. The molecule has 3 amide bonds. The Kier molecular flexibility index (Phi) is 8.96. The fourth-order valence-electron chi connectivity index (χ4n) is 2.78. The third kappa shape index (κ3) is 7.13. The van der Waals surface area contributed by atoms with Crippen LogP contribution in [0.1, 0.15) is 19.7 Å². The number of benzene rings is 2. The van der Waals surface area contributed by atoms with Crippen molar-refractivity contribution in [3.05, 3.63) is 59.4 Å². The summed E-state index contributed by atoms with van der Waals surface area (Å²) in [6.45, 7) is 4.85. The van der Waals surface area contributed by atoms with E-state index in [0.29, 0.717) is 34.9 Å². The minimum atomic E-state index is -0.535. The highest BCUT2D eigenvalue weighted by molar-refractivity contribution is 7.99. The van der Waals surface area contributed by atoms with E-state index in [4.69, 9.17) is 21.1 Å². The molecular formula is C22H24ClN5O4S. The third-order valence-electron chi connectivity index (χ3n) is 4.21. The van der Waals surface area contributed by atoms with E-state index in [2.05, 4.69) is 20.8 Å². The van der Waals surface area contributed by atoms with E-state index in [1.54, 1.807) is 23.6 Å². The number of thioether (sulfide) groups is 1. The van der Waals surface area contributed by atoms with E-state index in [9.17, 15) is 9.59 Å². The van der Waals surface area contributed by atoms with Gasteiger partial charge in [-0.15, -0.1) is 10.2 Å². The number of nitrogens with zero attached hydrogens (tertiary/aromatic N) is 3. The first kappa shape index (κ1) is 24.4. The number of amides is 3. The molecule has 1 heterocycles. The molecule has 0 aliphatic carbocycles. The van der Waals surface area contributed by atoms with Crippen LogP contribution in [0.4, 0.5) is 4.79 Å². The van der Waals surface area contributed by atoms with Gasteiger partial charge < -0.3 is 14.8 Å². The molecule has 1 aromatic heterocycles. The van der Waals surface area contributed by atoms with Gasteiger partial charge in [0, 0.05) is 17.3 Å². The van der Waals surface area contributed by atoms with Crippen molar-refractivity contribution in [3.8, 4) is 17.2 Å². The van der Waals surface area contributed by atoms with Crippen molar-refractivity contribution in [2.24, 2.45) is 0 Å². The molecule has 174 valence electrons. The molecule has 0 saturated heterocycles. The molecule has 0 saturated carbocycles. The summed E-state index contributed by atoms with van der Waals surface area (Å²) in [5, 5.41) is 14.3. The molecule has 33 heavy (non-hydrogen) atoms. The minimum Gasteiger partial charge on any atom is -0.494 e. The maximum atomic E-state index is 12.1. The van der Waals surface area contributed by atoms with E-state index < -0.39 is 11.9 Å². The molecule has 2 aromatic carbocycles. The molecule has 3 rings (SSSR count). The Morgan fingerprint density at radius 2 is 1.67 bits per heavy atom. The summed E-state index contributed by atoms with van der Waals surface area (Å²) in [6, 6.07) is 13.9. The van der Waals surface area contributed by atoms with Gasteiger partial charge in [0.25, 0.3) is 0 Å². The van der Waals surface area contributed by atoms with Crippen molar-refractivity contribution in [2.75, 3.05) is 18.9 Å². The number of halogens is 1. The van der Waals surface area contributed by atoms with Gasteiger partial charge >= 0.3 is 6.03 Å². The standard InChI is InChI=1S/C22H24ClN5O4S/c1-3-24-21(30)25-20(29)14-33-22-27-26-19(28(22)16-7-5-15(23)6-8-16)13-32-18-11-9-17(10-12-18)31-4-2/h5-12H,3-4,13-14H2,1-2H3,(H2,24,25,29,30). The first-order valence-corrected chi connectivity index (χ1v) is 11.6. The number of urea groups is 1. The second-order valence-electron chi connectivity index (χ2n) is 6.60. The largest absolute Gasteiger partial charge is 0.494 e. The highest BCUT2D eigenvalue weighted by Gasteiger charge is 2.17. The molecule has 3 aromatic rings. The highest BCUT2D eigenvalue weighted by atomic mass is 35.5. The Hall–Kier alpha value is -3.24. The first-order chi connectivity index (χ1) is 16.0. The second kappa shape index (κ2) is 12.1. The van der Waals surface area contributed by atoms with Gasteiger partial charge in [-0.25, -0.2) is 4.79 Å². The van der Waals surface area contributed by atoms with E-state index in [1.807, 2.05) is 43.3 Å². The molecule has 9 nitrogen and oxygen atoms in total. The average molecular weight is 490 g/mol. The van der Waals surface area contributed by atoms with Gasteiger partial charge in [0.15, 0.2) is 11.0 Å². The maximum absolute atomic E-state index is 12.1. The summed E-state index contributed by atoms with van der Waals surface area (Å²) in [7, 11) is 0. The van der Waals surface area contributed by atoms with Crippen LogP contribution < -0.4 is 20.1 Å². The van der Waals surface area contributed by atoms with Gasteiger partial charge in [0.1, 0.15) is 18.1 Å². The van der Waals surface area contributed by atoms with Crippen LogP contribution in [0.25, 0.3) is 5.69 Å². The number of nitrogens with one attached hydrogen (secondary N) is 2. The normalized spacial score (nSPS) is 10.5. The van der Waals surface area contributed by atoms with Crippen LogP contribution in [0.2, 0.25) is 5.02 Å². The van der Waals surface area contributed by atoms with Crippen molar-refractivity contribution in [3.63, 3.8) is 0 Å². The summed E-state index contributed by atoms with van der Waals surface area (Å²) >= 11 is 7.19. The van der Waals surface area contributed by atoms with Crippen LogP contribution >= 0.6 is 23.4 Å². The van der Waals surface area contributed by atoms with Gasteiger partial charge in [0.05, 0.1) is 12.4 Å². The van der Waals surface area contributed by atoms with Crippen LogP contribution in [0, 0.1) is 0 Å². The fourth-order valence-corrected chi connectivity index (χ4v) is 3.68. The number of carbonyl (C=O) groups is 2. The fraction of sp³-hybridized carbons (Fsp3) is 0.273. The Morgan fingerprint density at radius 3 is 2.30 bits per heavy atom. The van der Waals surface area contributed by atoms with Crippen LogP contribution in [0.3, 0.4) is 0 Å². The monoisotopic (exact) mass is 489 g/mol. The zero-order chi connectivity index (χ0) is 23.6. The summed E-state index contributed by atoms with van der Waals surface area (Å²) in [5.41, 5.74) is 0.765. The number of imide groups is 1. The maximum Gasteiger partial charge on any atom is 0.321 e. The molecule has 0 unspecified atom stereocenters. The van der Waals surface area contributed by atoms with E-state index in [0.717, 1.165) is 23.2 Å². The van der Waals surface area contributed by atoms with Crippen LogP contribution in [-0.2, 0) is 11.4 Å². The van der Waals surface area contributed by atoms with Crippen LogP contribution in [0.15, 0.2) is 53.7 Å². The number of hydrogen-bond donors (Lipinski definition) is 2. The quantitative estimate of drug-likeness (QED) is 0.416. The van der Waals surface area contributed by atoms with Crippen LogP contribution in [-0.4, -0.2) is 45.6 Å². The van der Waals surface area contributed by atoms with E-state index >= 15 is 0 Å². The lowest BCUT2D eigenvalue weighted by atomic mass is 10.3. The zero-order valence-electron chi connectivity index (χ0n) is 18.2. The molecule has 0 atom stereocenters. The van der Waals surface area contributed by atoms with Crippen molar-refractivity contribution in [1.29, 1.82) is 0 Å². The molecule has 0 radical (unpaired) electrons. The zero-order valence-corrected chi connectivity index (χ0v) is 19.8. The number of carbonyl (C=O) groups excluding carboxylic acids is 2. The van der Waals surface area contributed by atoms with E-state index in [-0.39, 0.29) is 12.4 Å². The molecule has 0 bridgehead atoms. The number of aromatic nitrogens is 3. The van der Waals surface area contributed by atoms with Crippen LogP contribution in [0.5, 0.6) is 11.5 Å². The molecule has 11 heteroatoms. The Morgan fingerprint density at radius 1 is 1.00 bits per heavy atom. The first-order valence-electron chi connectivity index (χ1n) is 10.3. The number of ether oxygens (including phenoxy) is 2. The van der Waals surface area contributed by atoms with Crippen molar-refractivity contribution < 1.29 is 19.1 Å². The van der Waals surface area contributed by atoms with Gasteiger partial charge in [-0.05, 0) is 62.4 Å². The predicted octanol–water partition coefficient (Wildman–Crippen LogP) is 3.84. The third-order valence-corrected chi connectivity index (χ3v) is 5.39. The summed E-state index contributed by atoms with van der Waals surface area (Å²) in [5.74, 6) is 1.50. The van der Waals surface area contributed by atoms with Crippen molar-refractivity contribution >= 4 is 35.3 Å². The molecule has 0 aliphatic rings. The molecule has 2 N–H and O–H groups in total. The molecule has 0 aliphatic heterocycles. The van der Waals surface area contributed by atoms with Gasteiger partial charge in [0.2, 0.25) is 5.91 Å². The highest BCUT2D eigenvalue weighted by Crippen LogP contribution is 2.25. The summed E-state index contributed by atoms with van der Waals surface area (Å²) < 4.78 is 13.1. The lowest BCUT2D eigenvalue weighted by Crippen LogP contribution is -2.40. The summed E-state index contributed by atoms with van der Waals surface area (Å²) in [6.07, 6.45) is 0. The van der Waals surface area contributed by atoms with Crippen molar-refractivity contribution in [2.45, 2.75) is 25.6 Å². The Balaban J connectivity index is 1.74. The predicted molar refractivity (Wildman–Crippen MR) is 126 cm³/mol. The molecule has 0 fully saturated rings. The lowest BCUT2D eigenvalue weighted by molar-refractivity contribution is -0.117. The summed E-state index contributed by atoms with van der Waals surface area (Å²) in [4.78, 5) is 23.6. The van der Waals surface area contributed by atoms with Gasteiger partial charge in [-0.1, -0.05) is 23.4 Å². The molecular weight excluding hydrogens is 466 g/mol. The average Bonchev–Trinajstić information content (AvgIpc) is 3.21.